The van der Waals surface area contributed by atoms with Gasteiger partial charge >= 0.3 is 0 Å². The monoisotopic (exact) mass is 448 g/mol. The molecule has 1 aliphatic heterocycles. The number of benzene rings is 1. The molecule has 168 valence electrons. The van der Waals surface area contributed by atoms with Crippen LogP contribution in [0.4, 0.5) is 8.78 Å². The van der Waals surface area contributed by atoms with Crippen LogP contribution in [0.5, 0.6) is 5.88 Å². The first-order valence-electron chi connectivity index (χ1n) is 10.7. The molecule has 0 unspecified atom stereocenters. The third-order valence-electron chi connectivity index (χ3n) is 5.67. The Labute approximate surface area is 189 Å². The maximum absolute atomic E-state index is 14.4. The molecule has 1 aliphatic rings. The van der Waals surface area contributed by atoms with Crippen LogP contribution in [0.2, 0.25) is 0 Å². The Balaban J connectivity index is 1.42. The smallest absolute Gasteiger partial charge is 0.238 e. The summed E-state index contributed by atoms with van der Waals surface area (Å²) in [5, 5.41) is 4.54. The van der Waals surface area contributed by atoms with E-state index < -0.39 is 11.6 Å². The Morgan fingerprint density at radius 1 is 1.12 bits per heavy atom. The van der Waals surface area contributed by atoms with Crippen LogP contribution >= 0.6 is 0 Å². The van der Waals surface area contributed by atoms with Gasteiger partial charge in [-0.3, -0.25) is 0 Å². The van der Waals surface area contributed by atoms with E-state index in [1.54, 1.807) is 30.3 Å². The van der Waals surface area contributed by atoms with E-state index in [0.29, 0.717) is 41.8 Å². The Morgan fingerprint density at radius 3 is 2.79 bits per heavy atom. The van der Waals surface area contributed by atoms with Crippen molar-refractivity contribution in [1.29, 1.82) is 0 Å². The number of nitrogens with zero attached hydrogens (tertiary/aromatic N) is 6. The molecule has 0 spiro atoms. The number of methoxy groups -OCH3 is 1. The third kappa shape index (κ3) is 4.13. The van der Waals surface area contributed by atoms with Gasteiger partial charge in [0.1, 0.15) is 23.1 Å². The number of hydrogen-bond acceptors (Lipinski definition) is 5. The summed E-state index contributed by atoms with van der Waals surface area (Å²) in [6.45, 7) is 2.60. The average Bonchev–Trinajstić information content (AvgIpc) is 3.44. The number of rotatable bonds is 5. The molecule has 5 rings (SSSR count). The van der Waals surface area contributed by atoms with Gasteiger partial charge in [-0.15, -0.1) is 0 Å². The molecule has 0 saturated heterocycles. The van der Waals surface area contributed by atoms with Gasteiger partial charge in [0.2, 0.25) is 5.88 Å². The second-order valence-corrected chi connectivity index (χ2v) is 7.93. The molecule has 0 N–H and O–H groups in total. The van der Waals surface area contributed by atoms with Crippen molar-refractivity contribution in [3.8, 4) is 11.6 Å². The van der Waals surface area contributed by atoms with Crippen LogP contribution in [0.1, 0.15) is 47.4 Å². The van der Waals surface area contributed by atoms with E-state index in [1.807, 2.05) is 29.8 Å². The van der Waals surface area contributed by atoms with E-state index in [1.165, 1.54) is 6.07 Å². The topological polar surface area (TPSA) is 70.7 Å². The molecule has 4 heterocycles. The van der Waals surface area contributed by atoms with E-state index in [-0.39, 0.29) is 5.92 Å². The van der Waals surface area contributed by atoms with Crippen molar-refractivity contribution >= 4 is 12.2 Å². The summed E-state index contributed by atoms with van der Waals surface area (Å²) in [7, 11) is 1.57. The number of imidazole rings is 1. The van der Waals surface area contributed by atoms with Crippen molar-refractivity contribution in [1.82, 2.24) is 29.3 Å². The molecule has 7 nitrogen and oxygen atoms in total. The van der Waals surface area contributed by atoms with Crippen LogP contribution in [0.3, 0.4) is 0 Å². The Bertz CT molecular complexity index is 1340. The van der Waals surface area contributed by atoms with E-state index in [2.05, 4.69) is 20.1 Å². The first-order chi connectivity index (χ1) is 16.0. The predicted octanol–water partition coefficient (Wildman–Crippen LogP) is 4.55. The summed E-state index contributed by atoms with van der Waals surface area (Å²) in [4.78, 5) is 13.4. The zero-order chi connectivity index (χ0) is 22.9. The molecule has 0 bridgehead atoms. The lowest BCUT2D eigenvalue weighted by Gasteiger charge is -2.22. The lowest BCUT2D eigenvalue weighted by molar-refractivity contribution is 0.395. The molecule has 0 saturated carbocycles. The van der Waals surface area contributed by atoms with Crippen LogP contribution in [-0.4, -0.2) is 36.4 Å². The van der Waals surface area contributed by atoms with Crippen molar-refractivity contribution in [3.05, 3.63) is 83.1 Å². The molecule has 0 amide bonds. The van der Waals surface area contributed by atoms with Crippen molar-refractivity contribution in [2.75, 3.05) is 7.11 Å². The van der Waals surface area contributed by atoms with E-state index in [0.717, 1.165) is 29.9 Å². The van der Waals surface area contributed by atoms with Gasteiger partial charge in [0, 0.05) is 24.2 Å². The average molecular weight is 448 g/mol. The normalized spacial score (nSPS) is 15.7. The van der Waals surface area contributed by atoms with Gasteiger partial charge in [-0.1, -0.05) is 0 Å². The van der Waals surface area contributed by atoms with Gasteiger partial charge < -0.3 is 9.30 Å². The van der Waals surface area contributed by atoms with E-state index in [9.17, 15) is 8.78 Å². The standard InChI is InChI=1S/C24H22F2N6O/c1-15-13-31(14-27-15)21-9-6-17(28-24(21)33-2)7-10-22-29-23-18(4-3-11-32(23)30-22)19-12-16(25)5-8-20(19)26/h5-10,12-14,18H,3-4,11H2,1-2H3/t18-/m1/s1. The summed E-state index contributed by atoms with van der Waals surface area (Å²) in [6, 6.07) is 7.31. The van der Waals surface area contributed by atoms with Crippen molar-refractivity contribution in [2.24, 2.45) is 0 Å². The minimum atomic E-state index is -0.461. The molecule has 1 atom stereocenters. The second kappa shape index (κ2) is 8.57. The molecule has 0 radical (unpaired) electrons. The van der Waals surface area contributed by atoms with Crippen LogP contribution in [0.25, 0.3) is 17.8 Å². The van der Waals surface area contributed by atoms with Crippen molar-refractivity contribution < 1.29 is 13.5 Å². The largest absolute Gasteiger partial charge is 0.479 e. The summed E-state index contributed by atoms with van der Waals surface area (Å²) in [6.07, 6.45) is 8.66. The SMILES string of the molecule is COc1nc(C=Cc2nc3n(n2)CCC[C@@H]3c2cc(F)ccc2F)ccc1-n1cnc(C)c1. The first-order valence-corrected chi connectivity index (χ1v) is 10.7. The summed E-state index contributed by atoms with van der Waals surface area (Å²) in [5.74, 6) is 0.371. The maximum Gasteiger partial charge on any atom is 0.238 e. The summed E-state index contributed by atoms with van der Waals surface area (Å²) < 4.78 is 37.2. The fraction of sp³-hybridized carbons (Fsp3) is 0.250. The van der Waals surface area contributed by atoms with Gasteiger partial charge in [0.05, 0.1) is 24.8 Å². The molecule has 33 heavy (non-hydrogen) atoms. The highest BCUT2D eigenvalue weighted by Crippen LogP contribution is 2.34. The minimum absolute atomic E-state index is 0.315. The van der Waals surface area contributed by atoms with E-state index >= 15 is 0 Å². The van der Waals surface area contributed by atoms with Gasteiger partial charge in [-0.2, -0.15) is 5.10 Å². The van der Waals surface area contributed by atoms with Crippen molar-refractivity contribution in [2.45, 2.75) is 32.2 Å². The lowest BCUT2D eigenvalue weighted by atomic mass is 9.91. The maximum atomic E-state index is 14.4. The second-order valence-electron chi connectivity index (χ2n) is 7.93. The molecular weight excluding hydrogens is 426 g/mol. The number of ether oxygens (including phenoxy) is 1. The fourth-order valence-corrected chi connectivity index (χ4v) is 4.12. The molecule has 0 aliphatic carbocycles. The van der Waals surface area contributed by atoms with Gasteiger partial charge in [0.25, 0.3) is 0 Å². The predicted molar refractivity (Wildman–Crippen MR) is 119 cm³/mol. The molecule has 0 fully saturated rings. The third-order valence-corrected chi connectivity index (χ3v) is 5.67. The first kappa shape index (κ1) is 21.0. The Hall–Kier alpha value is -3.88. The highest BCUT2D eigenvalue weighted by Gasteiger charge is 2.27. The van der Waals surface area contributed by atoms with E-state index in [4.69, 9.17) is 4.74 Å². The zero-order valence-corrected chi connectivity index (χ0v) is 18.2. The van der Waals surface area contributed by atoms with Crippen molar-refractivity contribution in [3.63, 3.8) is 0 Å². The Morgan fingerprint density at radius 2 is 2.00 bits per heavy atom. The van der Waals surface area contributed by atoms with Gasteiger partial charge in [-0.05, 0) is 62.2 Å². The number of hydrogen-bond donors (Lipinski definition) is 0. The molecule has 4 aromatic rings. The van der Waals surface area contributed by atoms with Crippen LogP contribution in [-0.2, 0) is 6.54 Å². The van der Waals surface area contributed by atoms with Crippen LogP contribution < -0.4 is 4.74 Å². The molecule has 9 heteroatoms. The highest BCUT2D eigenvalue weighted by atomic mass is 19.1. The van der Waals surface area contributed by atoms with Gasteiger partial charge in [0.15, 0.2) is 5.82 Å². The summed E-state index contributed by atoms with van der Waals surface area (Å²) >= 11 is 0. The fourth-order valence-electron chi connectivity index (χ4n) is 4.12. The summed E-state index contributed by atoms with van der Waals surface area (Å²) in [5.41, 5.74) is 2.67. The van der Waals surface area contributed by atoms with Crippen LogP contribution in [0, 0.1) is 18.6 Å². The number of aryl methyl sites for hydroxylation is 2. The number of aromatic nitrogens is 6. The van der Waals surface area contributed by atoms with Crippen LogP contribution in [0.15, 0.2) is 42.9 Å². The zero-order valence-electron chi connectivity index (χ0n) is 18.2. The highest BCUT2D eigenvalue weighted by molar-refractivity contribution is 5.65. The minimum Gasteiger partial charge on any atom is -0.479 e. The van der Waals surface area contributed by atoms with Gasteiger partial charge in [-0.25, -0.2) is 28.4 Å². The molecule has 1 aromatic carbocycles. The number of pyridine rings is 1. The lowest BCUT2D eigenvalue weighted by Crippen LogP contribution is -2.19. The Kier molecular flexibility index (Phi) is 5.45. The quantitative estimate of drug-likeness (QED) is 0.448. The molecule has 3 aromatic heterocycles. The molecular formula is C24H22F2N6O. The number of halogens is 2. The number of fused-ring (bicyclic) bond motifs is 1.